The van der Waals surface area contributed by atoms with Crippen molar-refractivity contribution in [1.82, 2.24) is 5.32 Å². The maximum absolute atomic E-state index is 10.9. The summed E-state index contributed by atoms with van der Waals surface area (Å²) in [5.41, 5.74) is 6.42. The van der Waals surface area contributed by atoms with Crippen molar-refractivity contribution >= 4 is 17.7 Å². The van der Waals surface area contributed by atoms with E-state index < -0.39 is 0 Å². The van der Waals surface area contributed by atoms with Crippen LogP contribution in [0, 0.1) is 0 Å². The normalized spacial score (nSPS) is 26.3. The minimum Gasteiger partial charge on any atom is -0.368 e. The molecule has 1 aromatic rings. The number of nitrogens with two attached hydrogens (primary N) is 1. The van der Waals surface area contributed by atoms with Crippen molar-refractivity contribution in [2.45, 2.75) is 11.4 Å². The number of hydrogen-bond donors (Lipinski definition) is 2. The molecule has 2 unspecified atom stereocenters. The van der Waals surface area contributed by atoms with Crippen LogP contribution in [0.5, 0.6) is 0 Å². The first kappa shape index (κ1) is 9.55. The van der Waals surface area contributed by atoms with Gasteiger partial charge in [0.25, 0.3) is 0 Å². The van der Waals surface area contributed by atoms with E-state index in [0.717, 1.165) is 5.75 Å². The number of thioether (sulfide) groups is 1. The highest BCUT2D eigenvalue weighted by atomic mass is 32.2. The first-order valence-corrected chi connectivity index (χ1v) is 5.54. The fourth-order valence-electron chi connectivity index (χ4n) is 1.46. The van der Waals surface area contributed by atoms with E-state index in [9.17, 15) is 4.79 Å². The van der Waals surface area contributed by atoms with Gasteiger partial charge in [0, 0.05) is 5.75 Å². The third kappa shape index (κ3) is 1.91. The van der Waals surface area contributed by atoms with Gasteiger partial charge in [0.1, 0.15) is 0 Å². The van der Waals surface area contributed by atoms with Gasteiger partial charge >= 0.3 is 0 Å². The van der Waals surface area contributed by atoms with Crippen LogP contribution in [0.15, 0.2) is 30.3 Å². The van der Waals surface area contributed by atoms with Gasteiger partial charge in [0.2, 0.25) is 5.91 Å². The lowest BCUT2D eigenvalue weighted by Crippen LogP contribution is -2.38. The molecule has 1 amide bonds. The molecule has 0 aliphatic carbocycles. The third-order valence-electron chi connectivity index (χ3n) is 2.23. The van der Waals surface area contributed by atoms with Gasteiger partial charge in [-0.2, -0.15) is 0 Å². The van der Waals surface area contributed by atoms with E-state index >= 15 is 0 Å². The molecule has 0 spiro atoms. The van der Waals surface area contributed by atoms with Gasteiger partial charge in [-0.1, -0.05) is 30.3 Å². The van der Waals surface area contributed by atoms with Crippen LogP contribution in [0.25, 0.3) is 0 Å². The van der Waals surface area contributed by atoms with Crippen molar-refractivity contribution in [2.75, 3.05) is 5.75 Å². The molecule has 1 heterocycles. The number of carbonyl (C=O) groups is 1. The molecule has 0 radical (unpaired) electrons. The maximum atomic E-state index is 10.9. The molecular weight excluding hydrogens is 196 g/mol. The van der Waals surface area contributed by atoms with Crippen molar-refractivity contribution in [3.63, 3.8) is 0 Å². The van der Waals surface area contributed by atoms with Crippen LogP contribution in [0.3, 0.4) is 0 Å². The zero-order valence-electron chi connectivity index (χ0n) is 7.64. The summed E-state index contributed by atoms with van der Waals surface area (Å²) in [7, 11) is 0. The maximum Gasteiger partial charge on any atom is 0.235 e. The van der Waals surface area contributed by atoms with Crippen molar-refractivity contribution in [2.24, 2.45) is 5.73 Å². The Morgan fingerprint density at radius 3 is 2.71 bits per heavy atom. The molecule has 2 atom stereocenters. The summed E-state index contributed by atoms with van der Waals surface area (Å²) < 4.78 is 0. The lowest BCUT2D eigenvalue weighted by Gasteiger charge is -2.10. The molecule has 3 nitrogen and oxygen atoms in total. The summed E-state index contributed by atoms with van der Waals surface area (Å²) in [4.78, 5) is 10.9. The SMILES string of the molecule is NC(=O)C1CSC(c2ccccc2)N1. The average molecular weight is 208 g/mol. The Kier molecular flexibility index (Phi) is 2.74. The van der Waals surface area contributed by atoms with E-state index in [1.807, 2.05) is 30.3 Å². The van der Waals surface area contributed by atoms with Crippen molar-refractivity contribution in [3.05, 3.63) is 35.9 Å². The van der Waals surface area contributed by atoms with E-state index in [4.69, 9.17) is 5.73 Å². The smallest absolute Gasteiger partial charge is 0.235 e. The van der Waals surface area contributed by atoms with E-state index in [1.165, 1.54) is 5.56 Å². The van der Waals surface area contributed by atoms with E-state index in [0.29, 0.717) is 0 Å². The van der Waals surface area contributed by atoms with Gasteiger partial charge in [0.05, 0.1) is 11.4 Å². The van der Waals surface area contributed by atoms with E-state index in [-0.39, 0.29) is 17.3 Å². The van der Waals surface area contributed by atoms with Crippen LogP contribution >= 0.6 is 11.8 Å². The van der Waals surface area contributed by atoms with Gasteiger partial charge in [-0.15, -0.1) is 11.8 Å². The fraction of sp³-hybridized carbons (Fsp3) is 0.300. The number of rotatable bonds is 2. The Balaban J connectivity index is 2.06. The fourth-order valence-corrected chi connectivity index (χ4v) is 2.71. The number of nitrogens with one attached hydrogen (secondary N) is 1. The zero-order chi connectivity index (χ0) is 9.97. The Hall–Kier alpha value is -1.00. The van der Waals surface area contributed by atoms with Crippen LogP contribution in [0.2, 0.25) is 0 Å². The summed E-state index contributed by atoms with van der Waals surface area (Å²) in [6.45, 7) is 0. The summed E-state index contributed by atoms with van der Waals surface area (Å²) in [6.07, 6.45) is 0. The molecule has 2 rings (SSSR count). The zero-order valence-corrected chi connectivity index (χ0v) is 8.46. The quantitative estimate of drug-likeness (QED) is 0.758. The second-order valence-corrected chi connectivity index (χ2v) is 4.38. The first-order chi connectivity index (χ1) is 6.77. The molecule has 74 valence electrons. The Bertz CT molecular complexity index is 328. The molecule has 0 saturated carbocycles. The molecular formula is C10H12N2OS. The van der Waals surface area contributed by atoms with Crippen molar-refractivity contribution < 1.29 is 4.79 Å². The highest BCUT2D eigenvalue weighted by molar-refractivity contribution is 7.99. The minimum atomic E-state index is -0.268. The highest BCUT2D eigenvalue weighted by Gasteiger charge is 2.28. The topological polar surface area (TPSA) is 55.1 Å². The predicted molar refractivity (Wildman–Crippen MR) is 57.8 cm³/mol. The van der Waals surface area contributed by atoms with E-state index in [1.54, 1.807) is 11.8 Å². The molecule has 0 aromatic heterocycles. The van der Waals surface area contributed by atoms with Gasteiger partial charge < -0.3 is 5.73 Å². The molecule has 1 aliphatic rings. The summed E-state index contributed by atoms with van der Waals surface area (Å²) in [6, 6.07) is 9.88. The summed E-state index contributed by atoms with van der Waals surface area (Å²) in [5, 5.41) is 3.40. The monoisotopic (exact) mass is 208 g/mol. The van der Waals surface area contributed by atoms with Crippen molar-refractivity contribution in [3.8, 4) is 0 Å². The van der Waals surface area contributed by atoms with Gasteiger partial charge in [-0.05, 0) is 5.56 Å². The molecule has 0 bridgehead atoms. The van der Waals surface area contributed by atoms with Crippen LogP contribution in [-0.2, 0) is 4.79 Å². The molecule has 4 heteroatoms. The average Bonchev–Trinajstić information content (AvgIpc) is 2.68. The lowest BCUT2D eigenvalue weighted by atomic mass is 10.2. The first-order valence-electron chi connectivity index (χ1n) is 4.49. The molecule has 1 aliphatic heterocycles. The number of carbonyl (C=O) groups excluding carboxylic acids is 1. The Labute approximate surface area is 87.1 Å². The largest absolute Gasteiger partial charge is 0.368 e. The number of primary amides is 1. The van der Waals surface area contributed by atoms with Crippen LogP contribution in [0.1, 0.15) is 10.9 Å². The molecule has 14 heavy (non-hydrogen) atoms. The van der Waals surface area contributed by atoms with Crippen LogP contribution in [-0.4, -0.2) is 17.7 Å². The van der Waals surface area contributed by atoms with Gasteiger partial charge in [0.15, 0.2) is 0 Å². The van der Waals surface area contributed by atoms with Gasteiger partial charge in [-0.25, -0.2) is 0 Å². The molecule has 1 fully saturated rings. The molecule has 1 aromatic carbocycles. The number of hydrogen-bond acceptors (Lipinski definition) is 3. The molecule has 1 saturated heterocycles. The van der Waals surface area contributed by atoms with E-state index in [2.05, 4.69) is 5.32 Å². The number of amides is 1. The van der Waals surface area contributed by atoms with Gasteiger partial charge in [-0.3, -0.25) is 10.1 Å². The highest BCUT2D eigenvalue weighted by Crippen LogP contribution is 2.32. The standard InChI is InChI=1S/C10H12N2OS/c11-9(13)8-6-14-10(12-8)7-4-2-1-3-5-7/h1-5,8,10,12H,6H2,(H2,11,13). The Morgan fingerprint density at radius 2 is 2.14 bits per heavy atom. The summed E-state index contributed by atoms with van der Waals surface area (Å²) >= 11 is 1.72. The minimum absolute atomic E-state index is 0.190. The van der Waals surface area contributed by atoms with Crippen LogP contribution < -0.4 is 11.1 Å². The van der Waals surface area contributed by atoms with Crippen molar-refractivity contribution in [1.29, 1.82) is 0 Å². The lowest BCUT2D eigenvalue weighted by molar-refractivity contribution is -0.119. The second kappa shape index (κ2) is 4.02. The number of benzene rings is 1. The van der Waals surface area contributed by atoms with Crippen LogP contribution in [0.4, 0.5) is 0 Å². The second-order valence-electron chi connectivity index (χ2n) is 3.25. The predicted octanol–water partition coefficient (Wildman–Crippen LogP) is 0.875. The summed E-state index contributed by atoms with van der Waals surface area (Å²) in [5.74, 6) is 0.491. The molecule has 3 N–H and O–H groups in total. The third-order valence-corrected chi connectivity index (χ3v) is 3.50. The Morgan fingerprint density at radius 1 is 1.43 bits per heavy atom.